The maximum Gasteiger partial charge on any atom is 0.162 e. The Hall–Kier alpha value is 0.880. The van der Waals surface area contributed by atoms with Gasteiger partial charge in [0.2, 0.25) is 0 Å². The predicted molar refractivity (Wildman–Crippen MR) is 53.5 cm³/mol. The summed E-state index contributed by atoms with van der Waals surface area (Å²) in [6.45, 7) is 5.46. The summed E-state index contributed by atoms with van der Waals surface area (Å²) in [6.07, 6.45) is 0. The van der Waals surface area contributed by atoms with Crippen molar-refractivity contribution in [1.82, 2.24) is 0 Å². The Morgan fingerprint density at radius 3 is 1.92 bits per heavy atom. The van der Waals surface area contributed by atoms with Crippen LogP contribution in [-0.4, -0.2) is 22.2 Å². The van der Waals surface area contributed by atoms with E-state index >= 15 is 0 Å². The predicted octanol–water partition coefficient (Wildman–Crippen LogP) is 2.50. The van der Waals surface area contributed by atoms with Gasteiger partial charge in [-0.1, -0.05) is 31.9 Å². The third-order valence-electron chi connectivity index (χ3n) is 2.59. The first-order chi connectivity index (χ1) is 5.43. The van der Waals surface area contributed by atoms with Gasteiger partial charge in [-0.2, -0.15) is 0 Å². The van der Waals surface area contributed by atoms with E-state index in [2.05, 4.69) is 31.9 Å². The molecule has 1 aliphatic heterocycles. The third kappa shape index (κ3) is 1.47. The lowest BCUT2D eigenvalue weighted by Crippen LogP contribution is -2.29. The molecule has 2 atom stereocenters. The van der Waals surface area contributed by atoms with Crippen LogP contribution in [0.5, 0.6) is 0 Å². The Bertz CT molecular complexity index is 183. The van der Waals surface area contributed by atoms with E-state index in [9.17, 15) is 0 Å². The maximum absolute atomic E-state index is 5.60. The maximum atomic E-state index is 5.60. The van der Waals surface area contributed by atoms with Gasteiger partial charge in [0.1, 0.15) is 0 Å². The molecule has 0 N–H and O–H groups in total. The lowest BCUT2D eigenvalue weighted by Gasteiger charge is -2.24. The smallest absolute Gasteiger partial charge is 0.162 e. The van der Waals surface area contributed by atoms with Crippen LogP contribution in [-0.2, 0) is 9.47 Å². The second kappa shape index (κ2) is 2.69. The molecular weight excluding hydrogens is 288 g/mol. The zero-order chi connectivity index (χ0) is 8.98. The molecule has 1 heterocycles. The fourth-order valence-electron chi connectivity index (χ4n) is 1.54. The van der Waals surface area contributed by atoms with E-state index in [0.717, 1.165) is 13.2 Å². The molecule has 0 aromatic carbocycles. The fourth-order valence-corrected chi connectivity index (χ4v) is 3.08. The number of rotatable bonds is 0. The highest BCUT2D eigenvalue weighted by atomic mass is 79.9. The van der Waals surface area contributed by atoms with Gasteiger partial charge < -0.3 is 9.47 Å². The summed E-state index contributed by atoms with van der Waals surface area (Å²) in [5.74, 6) is 0.710. The first-order valence-corrected chi connectivity index (χ1v) is 5.68. The molecule has 2 fully saturated rings. The van der Waals surface area contributed by atoms with Gasteiger partial charge in [-0.25, -0.2) is 0 Å². The van der Waals surface area contributed by atoms with Crippen molar-refractivity contribution in [3.05, 3.63) is 0 Å². The third-order valence-corrected chi connectivity index (χ3v) is 4.94. The monoisotopic (exact) mass is 298 g/mol. The van der Waals surface area contributed by atoms with Crippen LogP contribution in [0.2, 0.25) is 0 Å². The standard InChI is InChI=1S/C8H12Br2O2/c1-7(2)11-3-5-6(4-12-7)8(5,9)10/h5-6H,3-4H2,1-2H3/t5-,6+. The van der Waals surface area contributed by atoms with Crippen LogP contribution in [0.25, 0.3) is 0 Å². The van der Waals surface area contributed by atoms with Crippen LogP contribution in [0.15, 0.2) is 0 Å². The molecule has 12 heavy (non-hydrogen) atoms. The average molecular weight is 300 g/mol. The van der Waals surface area contributed by atoms with Gasteiger partial charge in [0.25, 0.3) is 0 Å². The van der Waals surface area contributed by atoms with Crippen LogP contribution in [0, 0.1) is 11.8 Å². The van der Waals surface area contributed by atoms with Crippen LogP contribution in [0.3, 0.4) is 0 Å². The van der Waals surface area contributed by atoms with E-state index in [0.29, 0.717) is 11.8 Å². The van der Waals surface area contributed by atoms with E-state index in [-0.39, 0.29) is 3.23 Å². The molecule has 0 bridgehead atoms. The minimum Gasteiger partial charge on any atom is -0.350 e. The van der Waals surface area contributed by atoms with E-state index < -0.39 is 5.79 Å². The number of hydrogen-bond donors (Lipinski definition) is 0. The quantitative estimate of drug-likeness (QED) is 0.640. The summed E-state index contributed by atoms with van der Waals surface area (Å²) in [4.78, 5) is 0. The molecule has 2 aliphatic rings. The van der Waals surface area contributed by atoms with Gasteiger partial charge in [0.05, 0.1) is 16.4 Å². The highest BCUT2D eigenvalue weighted by molar-refractivity contribution is 9.25. The van der Waals surface area contributed by atoms with Crippen molar-refractivity contribution < 1.29 is 9.47 Å². The molecule has 0 radical (unpaired) electrons. The zero-order valence-corrected chi connectivity index (χ0v) is 10.3. The molecule has 1 saturated heterocycles. The average Bonchev–Trinajstić information content (AvgIpc) is 2.49. The molecule has 1 saturated carbocycles. The lowest BCUT2D eigenvalue weighted by atomic mass is 10.3. The van der Waals surface area contributed by atoms with Gasteiger partial charge in [-0.3, -0.25) is 0 Å². The minimum atomic E-state index is -0.399. The highest BCUT2D eigenvalue weighted by Gasteiger charge is 2.63. The number of fused-ring (bicyclic) bond motifs is 1. The summed E-state index contributed by atoms with van der Waals surface area (Å²) in [5, 5.41) is 0. The number of halogens is 2. The molecule has 0 aromatic rings. The van der Waals surface area contributed by atoms with Gasteiger partial charge in [-0.05, 0) is 13.8 Å². The Morgan fingerprint density at radius 1 is 1.08 bits per heavy atom. The van der Waals surface area contributed by atoms with Gasteiger partial charge in [0, 0.05) is 11.8 Å². The lowest BCUT2D eigenvalue weighted by molar-refractivity contribution is -0.205. The van der Waals surface area contributed by atoms with Gasteiger partial charge >= 0.3 is 0 Å². The SMILES string of the molecule is CC1(C)OC[C@@H]2[C@H](CO1)C2(Br)Br. The topological polar surface area (TPSA) is 18.5 Å². The second-order valence-electron chi connectivity index (χ2n) is 3.91. The van der Waals surface area contributed by atoms with Gasteiger partial charge in [0.15, 0.2) is 5.79 Å². The molecule has 0 amide bonds. The highest BCUT2D eigenvalue weighted by Crippen LogP contribution is 2.63. The van der Waals surface area contributed by atoms with Crippen molar-refractivity contribution in [3.63, 3.8) is 0 Å². The summed E-state index contributed by atoms with van der Waals surface area (Å²) >= 11 is 7.22. The summed E-state index contributed by atoms with van der Waals surface area (Å²) in [5.41, 5.74) is 0. The van der Waals surface area contributed by atoms with E-state index in [4.69, 9.17) is 9.47 Å². The van der Waals surface area contributed by atoms with Crippen molar-refractivity contribution in [2.24, 2.45) is 11.8 Å². The Labute approximate surface area is 89.2 Å². The summed E-state index contributed by atoms with van der Waals surface area (Å²) < 4.78 is 11.3. The first kappa shape index (κ1) is 9.44. The normalized spacial score (nSPS) is 43.0. The van der Waals surface area contributed by atoms with Crippen molar-refractivity contribution in [2.45, 2.75) is 22.9 Å². The van der Waals surface area contributed by atoms with E-state index in [1.54, 1.807) is 0 Å². The Kier molecular flexibility index (Phi) is 2.11. The summed E-state index contributed by atoms with van der Waals surface area (Å²) in [7, 11) is 0. The molecule has 0 spiro atoms. The number of ether oxygens (including phenoxy) is 2. The number of hydrogen-bond acceptors (Lipinski definition) is 2. The van der Waals surface area contributed by atoms with Crippen LogP contribution in [0.4, 0.5) is 0 Å². The molecular formula is C8H12Br2O2. The molecule has 70 valence electrons. The molecule has 2 rings (SSSR count). The van der Waals surface area contributed by atoms with Crippen LogP contribution in [0.1, 0.15) is 13.8 Å². The second-order valence-corrected chi connectivity index (χ2v) is 7.60. The number of alkyl halides is 2. The largest absolute Gasteiger partial charge is 0.350 e. The molecule has 4 heteroatoms. The van der Waals surface area contributed by atoms with Crippen molar-refractivity contribution >= 4 is 31.9 Å². The van der Waals surface area contributed by atoms with Crippen molar-refractivity contribution in [3.8, 4) is 0 Å². The molecule has 0 unspecified atom stereocenters. The Balaban J connectivity index is 2.01. The molecule has 0 aromatic heterocycles. The molecule has 1 aliphatic carbocycles. The van der Waals surface area contributed by atoms with Gasteiger partial charge in [-0.15, -0.1) is 0 Å². The Morgan fingerprint density at radius 2 is 1.50 bits per heavy atom. The fraction of sp³-hybridized carbons (Fsp3) is 1.00. The summed E-state index contributed by atoms with van der Waals surface area (Å²) in [6, 6.07) is 0. The van der Waals surface area contributed by atoms with Crippen molar-refractivity contribution in [2.75, 3.05) is 13.2 Å². The first-order valence-electron chi connectivity index (χ1n) is 4.09. The molecule has 2 nitrogen and oxygen atoms in total. The van der Waals surface area contributed by atoms with Crippen LogP contribution >= 0.6 is 31.9 Å². The van der Waals surface area contributed by atoms with Crippen LogP contribution < -0.4 is 0 Å². The van der Waals surface area contributed by atoms with E-state index in [1.165, 1.54) is 0 Å². The van der Waals surface area contributed by atoms with Crippen molar-refractivity contribution in [1.29, 1.82) is 0 Å². The van der Waals surface area contributed by atoms with E-state index in [1.807, 2.05) is 13.8 Å². The minimum absolute atomic E-state index is 0.0799. The zero-order valence-electron chi connectivity index (χ0n) is 7.14.